The Morgan fingerprint density at radius 3 is 2.29 bits per heavy atom. The molecule has 1 aliphatic carbocycles. The summed E-state index contributed by atoms with van der Waals surface area (Å²) in [5.74, 6) is 0.674. The van der Waals surface area contributed by atoms with Gasteiger partial charge in [0.15, 0.2) is 0 Å². The third-order valence-electron chi connectivity index (χ3n) is 4.21. The smallest absolute Gasteiger partial charge is 0.123 e. The highest BCUT2D eigenvalue weighted by atomic mass is 16.3. The topological polar surface area (TPSA) is 40.5 Å². The largest absolute Gasteiger partial charge is 0.507 e. The number of benzene rings is 1. The van der Waals surface area contributed by atoms with Crippen molar-refractivity contribution in [2.45, 2.75) is 79.1 Å². The number of phenolic OH excluding ortho intramolecular Hbond substituents is 2. The minimum Gasteiger partial charge on any atom is -0.507 e. The monoisotopic (exact) mass is 332 g/mol. The molecule has 0 fully saturated rings. The minimum atomic E-state index is 0. The number of unbranched alkanes of at least 4 members (excludes halogenated alkanes) is 2. The highest BCUT2D eigenvalue weighted by Crippen LogP contribution is 2.41. The van der Waals surface area contributed by atoms with Crippen LogP contribution in [-0.2, 0) is 6.42 Å². The van der Waals surface area contributed by atoms with Gasteiger partial charge < -0.3 is 10.2 Å². The molecular weight excluding hydrogens is 296 g/mol. The zero-order chi connectivity index (χ0) is 17.2. The molecule has 0 saturated carbocycles. The first-order valence-corrected chi connectivity index (χ1v) is 8.82. The third kappa shape index (κ3) is 6.82. The Bertz CT molecular complexity index is 506. The lowest BCUT2D eigenvalue weighted by molar-refractivity contribution is 0.427. The third-order valence-corrected chi connectivity index (χ3v) is 4.21. The van der Waals surface area contributed by atoms with Gasteiger partial charge in [-0.05, 0) is 63.6 Å². The molecule has 0 heterocycles. The van der Waals surface area contributed by atoms with Crippen LogP contribution in [0.3, 0.4) is 0 Å². The van der Waals surface area contributed by atoms with Crippen molar-refractivity contribution < 1.29 is 10.2 Å². The Balaban J connectivity index is 0.00000123. The molecule has 0 spiro atoms. The predicted molar refractivity (Wildman–Crippen MR) is 106 cm³/mol. The first-order valence-electron chi connectivity index (χ1n) is 8.82. The van der Waals surface area contributed by atoms with Gasteiger partial charge in [0.25, 0.3) is 0 Å². The fourth-order valence-corrected chi connectivity index (χ4v) is 3.12. The molecule has 2 rings (SSSR count). The summed E-state index contributed by atoms with van der Waals surface area (Å²) in [5, 5.41) is 20.6. The van der Waals surface area contributed by atoms with Crippen LogP contribution in [-0.4, -0.2) is 10.2 Å². The van der Waals surface area contributed by atoms with E-state index in [-0.39, 0.29) is 24.8 Å². The van der Waals surface area contributed by atoms with Gasteiger partial charge in [0.05, 0.1) is 0 Å². The van der Waals surface area contributed by atoms with Crippen molar-refractivity contribution >= 4 is 0 Å². The molecule has 0 aromatic heterocycles. The molecule has 0 radical (unpaired) electrons. The number of aryl methyl sites for hydroxylation is 1. The quantitative estimate of drug-likeness (QED) is 0.456. The molecule has 2 N–H and O–H groups in total. The molecule has 1 atom stereocenters. The second-order valence-electron chi connectivity index (χ2n) is 6.42. The van der Waals surface area contributed by atoms with Crippen molar-refractivity contribution in [1.29, 1.82) is 0 Å². The lowest BCUT2D eigenvalue weighted by atomic mass is 9.84. The van der Waals surface area contributed by atoms with Crippen LogP contribution in [0.2, 0.25) is 0 Å². The van der Waals surface area contributed by atoms with Crippen LogP contribution < -0.4 is 0 Å². The van der Waals surface area contributed by atoms with E-state index >= 15 is 0 Å². The Kier molecular flexibility index (Phi) is 10.9. The normalized spacial score (nSPS) is 16.3. The van der Waals surface area contributed by atoms with E-state index in [9.17, 15) is 10.2 Å². The summed E-state index contributed by atoms with van der Waals surface area (Å²) < 4.78 is 0. The zero-order valence-electron chi connectivity index (χ0n) is 14.9. The van der Waals surface area contributed by atoms with Crippen LogP contribution in [0.1, 0.15) is 83.8 Å². The summed E-state index contributed by atoms with van der Waals surface area (Å²) in [7, 11) is 0. The van der Waals surface area contributed by atoms with Crippen LogP contribution in [0, 0.1) is 0 Å². The highest BCUT2D eigenvalue weighted by Gasteiger charge is 2.21. The Morgan fingerprint density at radius 2 is 1.79 bits per heavy atom. The number of aromatic hydroxyl groups is 2. The van der Waals surface area contributed by atoms with Crippen molar-refractivity contribution in [2.75, 3.05) is 0 Å². The maximum absolute atomic E-state index is 10.3. The van der Waals surface area contributed by atoms with Crippen molar-refractivity contribution in [3.8, 4) is 11.5 Å². The van der Waals surface area contributed by atoms with Crippen molar-refractivity contribution in [3.63, 3.8) is 0 Å². The predicted octanol–water partition coefficient (Wildman–Crippen LogP) is 6.87. The van der Waals surface area contributed by atoms with Gasteiger partial charge in [0.1, 0.15) is 11.5 Å². The van der Waals surface area contributed by atoms with Crippen molar-refractivity contribution in [3.05, 3.63) is 47.6 Å². The molecule has 2 nitrogen and oxygen atoms in total. The van der Waals surface area contributed by atoms with Gasteiger partial charge in [-0.15, -0.1) is 6.58 Å². The van der Waals surface area contributed by atoms with Crippen molar-refractivity contribution in [1.82, 2.24) is 0 Å². The first-order chi connectivity index (χ1) is 11.0. The lowest BCUT2D eigenvalue weighted by Crippen LogP contribution is -2.03. The van der Waals surface area contributed by atoms with Crippen LogP contribution >= 0.6 is 0 Å². The fourth-order valence-electron chi connectivity index (χ4n) is 3.12. The van der Waals surface area contributed by atoms with E-state index in [0.717, 1.165) is 37.7 Å². The molecule has 0 aliphatic heterocycles. The van der Waals surface area contributed by atoms with Gasteiger partial charge >= 0.3 is 0 Å². The molecule has 24 heavy (non-hydrogen) atoms. The Labute approximate surface area is 148 Å². The molecule has 2 heteroatoms. The van der Waals surface area contributed by atoms with Gasteiger partial charge in [0.2, 0.25) is 0 Å². The van der Waals surface area contributed by atoms with Gasteiger partial charge in [0, 0.05) is 11.5 Å². The summed E-state index contributed by atoms with van der Waals surface area (Å²) in [6.45, 7) is 9.55. The Morgan fingerprint density at radius 1 is 1.21 bits per heavy atom. The number of phenols is 2. The maximum Gasteiger partial charge on any atom is 0.123 e. The van der Waals surface area contributed by atoms with Gasteiger partial charge in [-0.3, -0.25) is 0 Å². The molecule has 0 unspecified atom stereocenters. The van der Waals surface area contributed by atoms with Crippen LogP contribution in [0.15, 0.2) is 36.4 Å². The van der Waals surface area contributed by atoms with Gasteiger partial charge in [-0.25, -0.2) is 0 Å². The minimum absolute atomic E-state index is 0. The summed E-state index contributed by atoms with van der Waals surface area (Å²) >= 11 is 0. The van der Waals surface area contributed by atoms with E-state index in [0.29, 0.717) is 5.56 Å². The van der Waals surface area contributed by atoms with Crippen LogP contribution in [0.4, 0.5) is 0 Å². The van der Waals surface area contributed by atoms with E-state index < -0.39 is 0 Å². The van der Waals surface area contributed by atoms with E-state index in [4.69, 9.17) is 0 Å². The fraction of sp³-hybridized carbons (Fsp3) is 0.545. The number of hydrogen-bond donors (Lipinski definition) is 2. The number of allylic oxidation sites excluding steroid dienone is 3. The lowest BCUT2D eigenvalue weighted by Gasteiger charge is -2.22. The molecule has 0 saturated heterocycles. The van der Waals surface area contributed by atoms with Gasteiger partial charge in [-0.1, -0.05) is 44.9 Å². The SMILES string of the molecule is C.C=CC.CCCCCc1cc(O)c([C@@H]2C=C(C)CCC2)c(O)c1. The molecule has 0 bridgehead atoms. The highest BCUT2D eigenvalue weighted by molar-refractivity contribution is 5.50. The second-order valence-corrected chi connectivity index (χ2v) is 6.42. The van der Waals surface area contributed by atoms with E-state index in [1.165, 1.54) is 18.4 Å². The molecule has 0 amide bonds. The zero-order valence-corrected chi connectivity index (χ0v) is 14.9. The average molecular weight is 333 g/mol. The summed E-state index contributed by atoms with van der Waals surface area (Å²) in [5.41, 5.74) is 3.10. The molecule has 1 aliphatic rings. The Hall–Kier alpha value is -1.70. The molecule has 1 aromatic carbocycles. The number of rotatable bonds is 5. The second kappa shape index (κ2) is 11.8. The first kappa shape index (κ1) is 22.3. The molecule has 136 valence electrons. The van der Waals surface area contributed by atoms with E-state index in [1.54, 1.807) is 6.08 Å². The van der Waals surface area contributed by atoms with E-state index in [1.807, 2.05) is 19.1 Å². The average Bonchev–Trinajstić information content (AvgIpc) is 2.48. The summed E-state index contributed by atoms with van der Waals surface area (Å²) in [4.78, 5) is 0. The summed E-state index contributed by atoms with van der Waals surface area (Å²) in [6, 6.07) is 3.67. The standard InChI is InChI=1S/C18H26O2.C3H6.CH4/c1-3-4-5-8-14-11-16(19)18(17(20)12-14)15-9-6-7-13(2)10-15;1-3-2;/h10-12,15,19-20H,3-9H2,1-2H3;3H,1H2,2H3;1H4/t15-;;/m0../s1. The maximum atomic E-state index is 10.3. The molecule has 1 aromatic rings. The van der Waals surface area contributed by atoms with Crippen LogP contribution in [0.5, 0.6) is 11.5 Å². The number of hydrogen-bond acceptors (Lipinski definition) is 2. The van der Waals surface area contributed by atoms with Crippen molar-refractivity contribution in [2.24, 2.45) is 0 Å². The van der Waals surface area contributed by atoms with E-state index in [2.05, 4.69) is 26.5 Å². The van der Waals surface area contributed by atoms with Gasteiger partial charge in [-0.2, -0.15) is 0 Å². The summed E-state index contributed by atoms with van der Waals surface area (Å²) in [6.07, 6.45) is 11.6. The van der Waals surface area contributed by atoms with Crippen LogP contribution in [0.25, 0.3) is 0 Å². The molecular formula is C22H36O2.